The van der Waals surface area contributed by atoms with E-state index in [1.54, 1.807) is 13.1 Å². The van der Waals surface area contributed by atoms with Crippen molar-refractivity contribution in [1.82, 2.24) is 41.0 Å². The van der Waals surface area contributed by atoms with Crippen molar-refractivity contribution in [2.75, 3.05) is 0 Å². The molecule has 6 aromatic rings. The summed E-state index contributed by atoms with van der Waals surface area (Å²) in [5, 5.41) is 32.4. The number of hydrogen-bond donors (Lipinski definition) is 5. The second kappa shape index (κ2) is 15.3. The lowest BCUT2D eigenvalue weighted by Crippen LogP contribution is -2.27. The molecule has 0 unspecified atom stereocenters. The number of amides is 1. The predicted molar refractivity (Wildman–Crippen MR) is 188 cm³/mol. The van der Waals surface area contributed by atoms with Crippen LogP contribution >= 0.6 is 0 Å². The molecule has 0 saturated carbocycles. The molecule has 14 nitrogen and oxygen atoms in total. The fourth-order valence-electron chi connectivity index (χ4n) is 6.23. The SMILES string of the molecule is CCc1cc(-c2ccc3c(c2)CC[C@H]3N)no1.CCc1nc(-c2ccc3c(c2)CC[C@H]3NC(=O)c2cn[nH]c2C)no1.Cc1[nH]ncc1C(=O)O. The Kier molecular flexibility index (Phi) is 10.5. The summed E-state index contributed by atoms with van der Waals surface area (Å²) in [5.74, 6) is 1.13. The van der Waals surface area contributed by atoms with Gasteiger partial charge in [-0.2, -0.15) is 15.2 Å². The molecule has 51 heavy (non-hydrogen) atoms. The van der Waals surface area contributed by atoms with Gasteiger partial charge in [0, 0.05) is 47.5 Å². The van der Waals surface area contributed by atoms with Gasteiger partial charge in [-0.25, -0.2) is 4.79 Å². The van der Waals surface area contributed by atoms with E-state index in [4.69, 9.17) is 19.9 Å². The Labute approximate surface area is 294 Å². The molecule has 4 aromatic heterocycles. The third-order valence-electron chi connectivity index (χ3n) is 9.16. The highest BCUT2D eigenvalue weighted by Crippen LogP contribution is 2.34. The molecule has 0 aliphatic heterocycles. The summed E-state index contributed by atoms with van der Waals surface area (Å²) < 4.78 is 10.4. The number of benzene rings is 2. The molecule has 0 spiro atoms. The van der Waals surface area contributed by atoms with Gasteiger partial charge in [0.25, 0.3) is 5.91 Å². The van der Waals surface area contributed by atoms with Crippen LogP contribution in [0, 0.1) is 13.8 Å². The molecule has 2 aliphatic rings. The van der Waals surface area contributed by atoms with Crippen molar-refractivity contribution in [2.45, 2.75) is 78.3 Å². The van der Waals surface area contributed by atoms with E-state index in [1.807, 2.05) is 32.0 Å². The maximum absolute atomic E-state index is 12.4. The fourth-order valence-corrected chi connectivity index (χ4v) is 6.23. The van der Waals surface area contributed by atoms with E-state index >= 15 is 0 Å². The Bertz CT molecular complexity index is 2140. The van der Waals surface area contributed by atoms with Gasteiger partial charge in [-0.3, -0.25) is 15.0 Å². The van der Waals surface area contributed by atoms with E-state index in [1.165, 1.54) is 22.9 Å². The van der Waals surface area contributed by atoms with E-state index in [0.29, 0.717) is 23.0 Å². The molecule has 0 radical (unpaired) electrons. The van der Waals surface area contributed by atoms with Gasteiger partial charge in [0.1, 0.15) is 17.0 Å². The zero-order valence-electron chi connectivity index (χ0n) is 29.0. The highest BCUT2D eigenvalue weighted by atomic mass is 16.5. The van der Waals surface area contributed by atoms with Gasteiger partial charge in [-0.1, -0.05) is 48.4 Å². The summed E-state index contributed by atoms with van der Waals surface area (Å²) >= 11 is 0. The van der Waals surface area contributed by atoms with E-state index in [-0.39, 0.29) is 23.6 Å². The van der Waals surface area contributed by atoms with Crippen molar-refractivity contribution in [3.8, 4) is 22.6 Å². The molecule has 2 atom stereocenters. The summed E-state index contributed by atoms with van der Waals surface area (Å²) in [6.45, 7) is 7.55. The molecule has 14 heteroatoms. The third-order valence-corrected chi connectivity index (χ3v) is 9.16. The van der Waals surface area contributed by atoms with E-state index in [2.05, 4.69) is 72.2 Å². The largest absolute Gasteiger partial charge is 0.478 e. The molecule has 6 N–H and O–H groups in total. The Hall–Kier alpha value is -5.89. The normalized spacial score (nSPS) is 15.6. The Morgan fingerprint density at radius 2 is 1.53 bits per heavy atom. The first kappa shape index (κ1) is 35.0. The van der Waals surface area contributed by atoms with Gasteiger partial charge in [0.05, 0.1) is 24.0 Å². The minimum absolute atomic E-state index is 0.0160. The van der Waals surface area contributed by atoms with Crippen LogP contribution in [0.25, 0.3) is 22.6 Å². The molecule has 0 bridgehead atoms. The number of aryl methyl sites for hydroxylation is 6. The quantitative estimate of drug-likeness (QED) is 0.131. The summed E-state index contributed by atoms with van der Waals surface area (Å²) in [7, 11) is 0. The van der Waals surface area contributed by atoms with Crippen LogP contribution in [0.15, 0.2) is 63.9 Å². The van der Waals surface area contributed by atoms with E-state index in [9.17, 15) is 9.59 Å². The van der Waals surface area contributed by atoms with E-state index in [0.717, 1.165) is 72.4 Å². The first-order valence-corrected chi connectivity index (χ1v) is 17.0. The van der Waals surface area contributed by atoms with E-state index < -0.39 is 5.97 Å². The van der Waals surface area contributed by atoms with Gasteiger partial charge in [-0.15, -0.1) is 0 Å². The van der Waals surface area contributed by atoms with Crippen molar-refractivity contribution in [3.63, 3.8) is 0 Å². The summed E-state index contributed by atoms with van der Waals surface area (Å²) in [6.07, 6.45) is 8.37. The molecule has 2 aromatic carbocycles. The Morgan fingerprint density at radius 3 is 2.16 bits per heavy atom. The number of carboxylic acid groups (broad SMARTS) is 1. The Morgan fingerprint density at radius 1 is 0.863 bits per heavy atom. The lowest BCUT2D eigenvalue weighted by atomic mass is 10.0. The van der Waals surface area contributed by atoms with Crippen LogP contribution in [-0.4, -0.2) is 52.7 Å². The molecule has 0 saturated heterocycles. The summed E-state index contributed by atoms with van der Waals surface area (Å²) in [5.41, 5.74) is 16.2. The van der Waals surface area contributed by atoms with Crippen LogP contribution in [0.5, 0.6) is 0 Å². The summed E-state index contributed by atoms with van der Waals surface area (Å²) in [4.78, 5) is 27.0. The molecule has 264 valence electrons. The van der Waals surface area contributed by atoms with Gasteiger partial charge in [0.15, 0.2) is 0 Å². The number of nitrogens with one attached hydrogen (secondary N) is 3. The van der Waals surface area contributed by atoms with Crippen LogP contribution in [0.1, 0.15) is 105 Å². The molecule has 1 amide bonds. The van der Waals surface area contributed by atoms with Gasteiger partial charge in [-0.05, 0) is 73.9 Å². The number of rotatable bonds is 7. The lowest BCUT2D eigenvalue weighted by Gasteiger charge is -2.14. The number of fused-ring (bicyclic) bond motifs is 2. The van der Waals surface area contributed by atoms with Crippen molar-refractivity contribution in [1.29, 1.82) is 0 Å². The average molecular weight is 692 g/mol. The first-order valence-electron chi connectivity index (χ1n) is 17.0. The average Bonchev–Trinajstić information content (AvgIpc) is 3.99. The standard InChI is InChI=1S/C18H19N5O2.C14H16N2O.C5H6N2O2/c1-3-16-21-17(23-25-16)12-4-6-13-11(8-12)5-7-15(13)20-18(24)14-9-19-22-10(14)2;1-2-11-8-14(16-17-11)10-3-5-12-9(7-10)4-6-13(12)15;1-3-4(5(8)9)2-6-7-3/h4,6,8-9,15H,3,5,7H2,1-2H3,(H,19,22)(H,20,24);3,5,7-8,13H,2,4,6,15H2,1H3;2H,1H3,(H,6,7)(H,8,9)/t15-;13-;/m11./s1. The zero-order chi connectivity index (χ0) is 36.1. The second-order valence-electron chi connectivity index (χ2n) is 12.6. The Balaban J connectivity index is 0.000000148. The monoisotopic (exact) mass is 691 g/mol. The fraction of sp³-hybridized carbons (Fsp3) is 0.324. The smallest absolute Gasteiger partial charge is 0.339 e. The molecule has 4 heterocycles. The van der Waals surface area contributed by atoms with Crippen LogP contribution in [0.3, 0.4) is 0 Å². The molecular formula is C37H41N9O5. The number of H-pyrrole nitrogens is 2. The summed E-state index contributed by atoms with van der Waals surface area (Å²) in [6, 6.07) is 14.8. The zero-order valence-corrected chi connectivity index (χ0v) is 29.0. The minimum Gasteiger partial charge on any atom is -0.478 e. The van der Waals surface area contributed by atoms with Crippen LogP contribution < -0.4 is 11.1 Å². The van der Waals surface area contributed by atoms with Crippen molar-refractivity contribution >= 4 is 11.9 Å². The third kappa shape index (κ3) is 7.80. The number of carboxylic acids is 1. The lowest BCUT2D eigenvalue weighted by molar-refractivity contribution is 0.0695. The van der Waals surface area contributed by atoms with Gasteiger partial charge < -0.3 is 25.2 Å². The predicted octanol–water partition coefficient (Wildman–Crippen LogP) is 6.01. The molecule has 0 fully saturated rings. The highest BCUT2D eigenvalue weighted by Gasteiger charge is 2.26. The molecule has 2 aliphatic carbocycles. The molecule has 8 rings (SSSR count). The number of aromatic carboxylic acids is 1. The molecular weight excluding hydrogens is 650 g/mol. The number of carbonyl (C=O) groups excluding carboxylic acids is 1. The van der Waals surface area contributed by atoms with Crippen LogP contribution in [-0.2, 0) is 25.7 Å². The van der Waals surface area contributed by atoms with Gasteiger partial charge >= 0.3 is 5.97 Å². The maximum Gasteiger partial charge on any atom is 0.339 e. The number of nitrogens with two attached hydrogens (primary N) is 1. The van der Waals surface area contributed by atoms with Crippen LogP contribution in [0.2, 0.25) is 0 Å². The number of aromatic amines is 2. The van der Waals surface area contributed by atoms with Crippen LogP contribution in [0.4, 0.5) is 0 Å². The second-order valence-corrected chi connectivity index (χ2v) is 12.6. The first-order chi connectivity index (χ1) is 24.6. The highest BCUT2D eigenvalue weighted by molar-refractivity contribution is 5.95. The minimum atomic E-state index is -0.943. The number of carbonyl (C=O) groups is 2. The van der Waals surface area contributed by atoms with Gasteiger partial charge in [0.2, 0.25) is 11.7 Å². The van der Waals surface area contributed by atoms with Crippen molar-refractivity contribution in [2.24, 2.45) is 5.73 Å². The maximum atomic E-state index is 12.4. The number of hydrogen-bond acceptors (Lipinski definition) is 10. The van der Waals surface area contributed by atoms with Crippen molar-refractivity contribution < 1.29 is 23.7 Å². The number of aromatic nitrogens is 7. The van der Waals surface area contributed by atoms with Crippen molar-refractivity contribution in [3.05, 3.63) is 111 Å². The topological polar surface area (TPSA) is 215 Å². The number of nitrogens with zero attached hydrogens (tertiary/aromatic N) is 5.